The molecule has 122 valence electrons. The van der Waals surface area contributed by atoms with Crippen LogP contribution in [0.3, 0.4) is 0 Å². The molecule has 4 nitrogen and oxygen atoms in total. The molecule has 2 aromatic carbocycles. The molecule has 0 saturated carbocycles. The average molecular weight is 333 g/mol. The van der Waals surface area contributed by atoms with E-state index in [0.29, 0.717) is 12.2 Å². The molecule has 1 aliphatic heterocycles. The number of hydrogen-bond acceptors (Lipinski definition) is 3. The lowest BCUT2D eigenvalue weighted by atomic mass is 10.2. The van der Waals surface area contributed by atoms with Crippen molar-refractivity contribution >= 4 is 18.3 Å². The molecule has 5 heteroatoms. The van der Waals surface area contributed by atoms with E-state index >= 15 is 0 Å². The molecule has 3 rings (SSSR count). The van der Waals surface area contributed by atoms with Crippen LogP contribution in [0.1, 0.15) is 22.3 Å². The Balaban J connectivity index is 0.00000192. The van der Waals surface area contributed by atoms with Crippen LogP contribution in [0.4, 0.5) is 0 Å². The zero-order valence-electron chi connectivity index (χ0n) is 12.8. The highest BCUT2D eigenvalue weighted by Crippen LogP contribution is 2.14. The summed E-state index contributed by atoms with van der Waals surface area (Å²) in [7, 11) is 0. The summed E-state index contributed by atoms with van der Waals surface area (Å²) in [5.41, 5.74) is 1.79. The van der Waals surface area contributed by atoms with Crippen molar-refractivity contribution in [3.05, 3.63) is 65.7 Å². The fourth-order valence-electron chi connectivity index (χ4n) is 2.49. The van der Waals surface area contributed by atoms with Crippen LogP contribution in [0.15, 0.2) is 54.6 Å². The normalized spacial score (nSPS) is 16.4. The summed E-state index contributed by atoms with van der Waals surface area (Å²) >= 11 is 0. The first-order valence-electron chi connectivity index (χ1n) is 7.59. The second-order valence-electron chi connectivity index (χ2n) is 5.46. The van der Waals surface area contributed by atoms with Crippen molar-refractivity contribution in [1.82, 2.24) is 10.6 Å². The third kappa shape index (κ3) is 4.98. The van der Waals surface area contributed by atoms with E-state index in [2.05, 4.69) is 10.6 Å². The number of ether oxygens (including phenoxy) is 1. The fourth-order valence-corrected chi connectivity index (χ4v) is 2.49. The number of carbonyl (C=O) groups is 1. The van der Waals surface area contributed by atoms with Gasteiger partial charge in [-0.15, -0.1) is 12.4 Å². The van der Waals surface area contributed by atoms with E-state index < -0.39 is 0 Å². The first kappa shape index (κ1) is 17.3. The van der Waals surface area contributed by atoms with Crippen LogP contribution in [0.25, 0.3) is 0 Å². The minimum Gasteiger partial charge on any atom is -0.489 e. The predicted molar refractivity (Wildman–Crippen MR) is 93.2 cm³/mol. The molecule has 23 heavy (non-hydrogen) atoms. The summed E-state index contributed by atoms with van der Waals surface area (Å²) in [6.07, 6.45) is 0.990. The van der Waals surface area contributed by atoms with Crippen LogP contribution in [-0.4, -0.2) is 25.0 Å². The largest absolute Gasteiger partial charge is 0.489 e. The second-order valence-corrected chi connectivity index (χ2v) is 5.46. The number of halogens is 1. The summed E-state index contributed by atoms with van der Waals surface area (Å²) in [6.45, 7) is 2.35. The number of nitrogens with one attached hydrogen (secondary N) is 2. The van der Waals surface area contributed by atoms with Gasteiger partial charge in [-0.3, -0.25) is 4.79 Å². The Morgan fingerprint density at radius 1 is 1.13 bits per heavy atom. The van der Waals surface area contributed by atoms with Crippen molar-refractivity contribution in [2.45, 2.75) is 19.1 Å². The molecule has 1 fully saturated rings. The van der Waals surface area contributed by atoms with E-state index in [0.717, 1.165) is 30.8 Å². The molecule has 1 saturated heterocycles. The molecule has 0 aromatic heterocycles. The third-order valence-electron chi connectivity index (χ3n) is 3.76. The van der Waals surface area contributed by atoms with Crippen molar-refractivity contribution < 1.29 is 9.53 Å². The lowest BCUT2D eigenvalue weighted by Gasteiger charge is -2.12. The van der Waals surface area contributed by atoms with Gasteiger partial charge in [-0.05, 0) is 42.8 Å². The Kier molecular flexibility index (Phi) is 6.44. The molecule has 1 amide bonds. The molecular weight excluding hydrogens is 312 g/mol. The van der Waals surface area contributed by atoms with Crippen molar-refractivity contribution in [3.8, 4) is 5.75 Å². The second kappa shape index (κ2) is 8.56. The van der Waals surface area contributed by atoms with E-state index in [1.807, 2.05) is 42.5 Å². The Morgan fingerprint density at radius 2 is 1.87 bits per heavy atom. The zero-order valence-corrected chi connectivity index (χ0v) is 13.6. The topological polar surface area (TPSA) is 50.4 Å². The monoisotopic (exact) mass is 332 g/mol. The van der Waals surface area contributed by atoms with Gasteiger partial charge in [0, 0.05) is 18.2 Å². The minimum atomic E-state index is -0.0247. The van der Waals surface area contributed by atoms with E-state index in [9.17, 15) is 4.79 Å². The van der Waals surface area contributed by atoms with Crippen LogP contribution in [-0.2, 0) is 6.61 Å². The fraction of sp³-hybridized carbons (Fsp3) is 0.278. The first-order valence-corrected chi connectivity index (χ1v) is 7.59. The van der Waals surface area contributed by atoms with Crippen molar-refractivity contribution in [1.29, 1.82) is 0 Å². The smallest absolute Gasteiger partial charge is 0.251 e. The molecule has 1 aliphatic rings. The van der Waals surface area contributed by atoms with Gasteiger partial charge in [-0.25, -0.2) is 0 Å². The molecule has 0 spiro atoms. The summed E-state index contributed by atoms with van der Waals surface area (Å²) < 4.78 is 5.72. The molecule has 1 unspecified atom stereocenters. The van der Waals surface area contributed by atoms with Gasteiger partial charge in [-0.2, -0.15) is 0 Å². The summed E-state index contributed by atoms with van der Waals surface area (Å²) in [5.74, 6) is 0.742. The van der Waals surface area contributed by atoms with Gasteiger partial charge in [0.1, 0.15) is 12.4 Å². The molecule has 1 heterocycles. The van der Waals surface area contributed by atoms with E-state index in [4.69, 9.17) is 4.74 Å². The van der Waals surface area contributed by atoms with Gasteiger partial charge < -0.3 is 15.4 Å². The third-order valence-corrected chi connectivity index (χ3v) is 3.76. The first-order chi connectivity index (χ1) is 10.8. The van der Waals surface area contributed by atoms with Crippen molar-refractivity contribution in [2.75, 3.05) is 13.1 Å². The number of amides is 1. The maximum Gasteiger partial charge on any atom is 0.251 e. The predicted octanol–water partition coefficient (Wildman–Crippen LogP) is 2.78. The lowest BCUT2D eigenvalue weighted by molar-refractivity contribution is 0.0940. The Hall–Kier alpha value is -2.04. The molecule has 0 radical (unpaired) electrons. The van der Waals surface area contributed by atoms with Gasteiger partial charge in [-0.1, -0.05) is 30.3 Å². The van der Waals surface area contributed by atoms with Gasteiger partial charge in [0.15, 0.2) is 0 Å². The Labute approximate surface area is 142 Å². The number of carbonyl (C=O) groups excluding carboxylic acids is 1. The van der Waals surface area contributed by atoms with E-state index in [-0.39, 0.29) is 24.4 Å². The number of hydrogen-bond donors (Lipinski definition) is 2. The maximum absolute atomic E-state index is 12.1. The lowest BCUT2D eigenvalue weighted by Crippen LogP contribution is -2.36. The van der Waals surface area contributed by atoms with Crippen molar-refractivity contribution in [2.24, 2.45) is 0 Å². The SMILES string of the molecule is Cl.O=C(NC1CCNC1)c1ccc(OCc2ccccc2)cc1. The summed E-state index contributed by atoms with van der Waals surface area (Å²) in [4.78, 5) is 12.1. The van der Waals surface area contributed by atoms with Crippen LogP contribution >= 0.6 is 12.4 Å². The Bertz CT molecular complexity index is 611. The maximum atomic E-state index is 12.1. The number of benzene rings is 2. The van der Waals surface area contributed by atoms with Gasteiger partial charge >= 0.3 is 0 Å². The minimum absolute atomic E-state index is 0. The van der Waals surface area contributed by atoms with Crippen LogP contribution in [0.2, 0.25) is 0 Å². The quantitative estimate of drug-likeness (QED) is 0.885. The van der Waals surface area contributed by atoms with Gasteiger partial charge in [0.2, 0.25) is 0 Å². The highest BCUT2D eigenvalue weighted by Gasteiger charge is 2.17. The molecule has 2 aromatic rings. The number of rotatable bonds is 5. The Morgan fingerprint density at radius 3 is 2.52 bits per heavy atom. The van der Waals surface area contributed by atoms with E-state index in [1.54, 1.807) is 12.1 Å². The van der Waals surface area contributed by atoms with Crippen LogP contribution < -0.4 is 15.4 Å². The van der Waals surface area contributed by atoms with Crippen LogP contribution in [0.5, 0.6) is 5.75 Å². The summed E-state index contributed by atoms with van der Waals surface area (Å²) in [5, 5.41) is 6.27. The highest BCUT2D eigenvalue weighted by molar-refractivity contribution is 5.94. The molecular formula is C18H21ClN2O2. The standard InChI is InChI=1S/C18H20N2O2.ClH/c21-18(20-16-10-11-19-12-16)15-6-8-17(9-7-15)22-13-14-4-2-1-3-5-14;/h1-9,16,19H,10-13H2,(H,20,21);1H. The van der Waals surface area contributed by atoms with E-state index in [1.165, 1.54) is 0 Å². The molecule has 1 atom stereocenters. The molecule has 0 bridgehead atoms. The van der Waals surface area contributed by atoms with Gasteiger partial charge in [0.05, 0.1) is 0 Å². The zero-order chi connectivity index (χ0) is 15.2. The highest BCUT2D eigenvalue weighted by atomic mass is 35.5. The van der Waals surface area contributed by atoms with Gasteiger partial charge in [0.25, 0.3) is 5.91 Å². The van der Waals surface area contributed by atoms with Crippen molar-refractivity contribution in [3.63, 3.8) is 0 Å². The summed E-state index contributed by atoms with van der Waals surface area (Å²) in [6, 6.07) is 17.5. The molecule has 0 aliphatic carbocycles. The van der Waals surface area contributed by atoms with Crippen LogP contribution in [0, 0.1) is 0 Å². The average Bonchev–Trinajstić information content (AvgIpc) is 3.07. The molecule has 2 N–H and O–H groups in total.